The summed E-state index contributed by atoms with van der Waals surface area (Å²) in [5.41, 5.74) is 1.49. The minimum absolute atomic E-state index is 0.170. The molecule has 0 aliphatic heterocycles. The van der Waals surface area contributed by atoms with Gasteiger partial charge in [0, 0.05) is 6.54 Å². The molecule has 1 aromatic carbocycles. The molecule has 0 aliphatic carbocycles. The molecule has 1 rings (SSSR count). The van der Waals surface area contributed by atoms with Crippen molar-refractivity contribution in [3.63, 3.8) is 0 Å². The summed E-state index contributed by atoms with van der Waals surface area (Å²) in [5.74, 6) is -0.110. The van der Waals surface area contributed by atoms with Crippen LogP contribution in [0.15, 0.2) is 24.3 Å². The van der Waals surface area contributed by atoms with Crippen molar-refractivity contribution in [3.8, 4) is 0 Å². The van der Waals surface area contributed by atoms with Crippen LogP contribution in [0.2, 0.25) is 0 Å². The highest BCUT2D eigenvalue weighted by Crippen LogP contribution is 2.28. The molecular weight excluding hydrogens is 300 g/mol. The highest BCUT2D eigenvalue weighted by atomic mass is 32.2. The maximum Gasteiger partial charge on any atom is 0.240 e. The highest BCUT2D eigenvalue weighted by molar-refractivity contribution is 7.92. The van der Waals surface area contributed by atoms with E-state index in [-0.39, 0.29) is 18.4 Å². The van der Waals surface area contributed by atoms with E-state index in [0.717, 1.165) is 24.7 Å². The standard InChI is InChI=1S/C16H26N2O3S/c1-5-6-11-17-16(19)12-18(22(4,20)21)15-10-8-7-9-14(15)13(2)3/h7-10,13H,5-6,11-12H2,1-4H3,(H,17,19). The summed E-state index contributed by atoms with van der Waals surface area (Å²) in [6.45, 7) is 6.42. The molecule has 0 heterocycles. The summed E-state index contributed by atoms with van der Waals surface area (Å²) in [4.78, 5) is 12.0. The first-order chi connectivity index (χ1) is 10.3. The van der Waals surface area contributed by atoms with Crippen molar-refractivity contribution in [3.05, 3.63) is 29.8 Å². The number of sulfonamides is 1. The first kappa shape index (κ1) is 18.5. The van der Waals surface area contributed by atoms with Crippen molar-refractivity contribution in [1.29, 1.82) is 0 Å². The summed E-state index contributed by atoms with van der Waals surface area (Å²) in [5, 5.41) is 2.76. The lowest BCUT2D eigenvalue weighted by atomic mass is 10.0. The number of nitrogens with zero attached hydrogens (tertiary/aromatic N) is 1. The monoisotopic (exact) mass is 326 g/mol. The third kappa shape index (κ3) is 5.33. The Kier molecular flexibility index (Phi) is 6.87. The molecule has 0 spiro atoms. The molecular formula is C16H26N2O3S. The first-order valence-corrected chi connectivity index (χ1v) is 9.45. The van der Waals surface area contributed by atoms with E-state index in [1.54, 1.807) is 12.1 Å². The predicted octanol–water partition coefficient (Wildman–Crippen LogP) is 2.49. The van der Waals surface area contributed by atoms with Crippen molar-refractivity contribution < 1.29 is 13.2 Å². The molecule has 1 aromatic rings. The minimum Gasteiger partial charge on any atom is -0.355 e. The number of rotatable bonds is 8. The van der Waals surface area contributed by atoms with Crippen LogP contribution in [0.4, 0.5) is 5.69 Å². The Morgan fingerprint density at radius 3 is 2.45 bits per heavy atom. The van der Waals surface area contributed by atoms with E-state index in [0.29, 0.717) is 12.2 Å². The van der Waals surface area contributed by atoms with Crippen LogP contribution in [0.3, 0.4) is 0 Å². The maximum absolute atomic E-state index is 12.1. The number of nitrogens with one attached hydrogen (secondary N) is 1. The van der Waals surface area contributed by atoms with Gasteiger partial charge in [-0.2, -0.15) is 0 Å². The van der Waals surface area contributed by atoms with E-state index in [2.05, 4.69) is 5.32 Å². The lowest BCUT2D eigenvalue weighted by Crippen LogP contribution is -2.41. The van der Waals surface area contributed by atoms with E-state index in [9.17, 15) is 13.2 Å². The molecule has 0 aromatic heterocycles. The van der Waals surface area contributed by atoms with Gasteiger partial charge in [-0.3, -0.25) is 9.10 Å². The van der Waals surface area contributed by atoms with Crippen molar-refractivity contribution in [2.24, 2.45) is 0 Å². The Morgan fingerprint density at radius 1 is 1.27 bits per heavy atom. The first-order valence-electron chi connectivity index (χ1n) is 7.60. The number of unbranched alkanes of at least 4 members (excludes halogenated alkanes) is 1. The van der Waals surface area contributed by atoms with Gasteiger partial charge in [0.1, 0.15) is 6.54 Å². The molecule has 0 saturated heterocycles. The second-order valence-corrected chi connectivity index (χ2v) is 7.59. The Labute approximate surface area is 133 Å². The molecule has 6 heteroatoms. The quantitative estimate of drug-likeness (QED) is 0.746. The Bertz CT molecular complexity index is 597. The lowest BCUT2D eigenvalue weighted by molar-refractivity contribution is -0.119. The van der Waals surface area contributed by atoms with Gasteiger partial charge in [0.05, 0.1) is 11.9 Å². The Morgan fingerprint density at radius 2 is 1.91 bits per heavy atom. The fraction of sp³-hybridized carbons (Fsp3) is 0.562. The molecule has 22 heavy (non-hydrogen) atoms. The molecule has 0 bridgehead atoms. The molecule has 0 radical (unpaired) electrons. The third-order valence-corrected chi connectivity index (χ3v) is 4.49. The van der Waals surface area contributed by atoms with Gasteiger partial charge in [0.2, 0.25) is 15.9 Å². The Balaban J connectivity index is 3.03. The zero-order valence-corrected chi connectivity index (χ0v) is 14.6. The number of benzene rings is 1. The number of hydrogen-bond donors (Lipinski definition) is 1. The summed E-state index contributed by atoms with van der Waals surface area (Å²) >= 11 is 0. The van der Waals surface area contributed by atoms with Crippen LogP contribution in [0, 0.1) is 0 Å². The van der Waals surface area contributed by atoms with Crippen LogP contribution < -0.4 is 9.62 Å². The summed E-state index contributed by atoms with van der Waals surface area (Å²) < 4.78 is 25.4. The van der Waals surface area contributed by atoms with Crippen molar-refractivity contribution in [2.75, 3.05) is 23.7 Å². The third-order valence-electron chi connectivity index (χ3n) is 3.37. The summed E-state index contributed by atoms with van der Waals surface area (Å²) in [6, 6.07) is 7.30. The van der Waals surface area contributed by atoms with Gasteiger partial charge >= 0.3 is 0 Å². The van der Waals surface area contributed by atoms with Gasteiger partial charge in [-0.1, -0.05) is 45.4 Å². The Hall–Kier alpha value is -1.56. The molecule has 1 N–H and O–H groups in total. The molecule has 0 saturated carbocycles. The largest absolute Gasteiger partial charge is 0.355 e. The van der Waals surface area contributed by atoms with Gasteiger partial charge < -0.3 is 5.32 Å². The SMILES string of the molecule is CCCCNC(=O)CN(c1ccccc1C(C)C)S(C)(=O)=O. The normalized spacial score (nSPS) is 11.5. The molecule has 5 nitrogen and oxygen atoms in total. The number of carbonyl (C=O) groups excluding carboxylic acids is 1. The molecule has 0 unspecified atom stereocenters. The zero-order chi connectivity index (χ0) is 16.8. The van der Waals surface area contributed by atoms with E-state index >= 15 is 0 Å². The zero-order valence-electron chi connectivity index (χ0n) is 13.8. The highest BCUT2D eigenvalue weighted by Gasteiger charge is 2.23. The maximum atomic E-state index is 12.1. The van der Waals surface area contributed by atoms with Crippen molar-refractivity contribution in [2.45, 2.75) is 39.5 Å². The van der Waals surface area contributed by atoms with Gasteiger partial charge in [0.25, 0.3) is 0 Å². The van der Waals surface area contributed by atoms with Crippen LogP contribution in [-0.2, 0) is 14.8 Å². The second kappa shape index (κ2) is 8.17. The topological polar surface area (TPSA) is 66.5 Å². The fourth-order valence-electron chi connectivity index (χ4n) is 2.17. The van der Waals surface area contributed by atoms with Gasteiger partial charge in [-0.25, -0.2) is 8.42 Å². The van der Waals surface area contributed by atoms with Crippen LogP contribution in [-0.4, -0.2) is 33.7 Å². The number of anilines is 1. The number of carbonyl (C=O) groups is 1. The van der Waals surface area contributed by atoms with Crippen LogP contribution in [0.25, 0.3) is 0 Å². The molecule has 0 aliphatic rings. The second-order valence-electron chi connectivity index (χ2n) is 5.69. The fourth-order valence-corrected chi connectivity index (χ4v) is 3.05. The van der Waals surface area contributed by atoms with Crippen molar-refractivity contribution in [1.82, 2.24) is 5.32 Å². The van der Waals surface area contributed by atoms with E-state index in [4.69, 9.17) is 0 Å². The van der Waals surface area contributed by atoms with E-state index < -0.39 is 10.0 Å². The van der Waals surface area contributed by atoms with E-state index in [1.807, 2.05) is 32.9 Å². The summed E-state index contributed by atoms with van der Waals surface area (Å²) in [7, 11) is -3.53. The average Bonchev–Trinajstić information content (AvgIpc) is 2.44. The lowest BCUT2D eigenvalue weighted by Gasteiger charge is -2.25. The number of hydrogen-bond acceptors (Lipinski definition) is 3. The smallest absolute Gasteiger partial charge is 0.240 e. The van der Waals surface area contributed by atoms with E-state index in [1.165, 1.54) is 4.31 Å². The summed E-state index contributed by atoms with van der Waals surface area (Å²) in [6.07, 6.45) is 2.99. The molecule has 0 fully saturated rings. The van der Waals surface area contributed by atoms with Crippen LogP contribution in [0.5, 0.6) is 0 Å². The van der Waals surface area contributed by atoms with Gasteiger partial charge in [-0.15, -0.1) is 0 Å². The number of para-hydroxylation sites is 1. The van der Waals surface area contributed by atoms with Crippen LogP contribution in [0.1, 0.15) is 45.1 Å². The number of amides is 1. The van der Waals surface area contributed by atoms with Crippen molar-refractivity contribution >= 4 is 21.6 Å². The average molecular weight is 326 g/mol. The molecule has 1 amide bonds. The van der Waals surface area contributed by atoms with Gasteiger partial charge in [-0.05, 0) is 24.0 Å². The van der Waals surface area contributed by atoms with Gasteiger partial charge in [0.15, 0.2) is 0 Å². The molecule has 124 valence electrons. The minimum atomic E-state index is -3.53. The predicted molar refractivity (Wildman–Crippen MR) is 90.6 cm³/mol. The van der Waals surface area contributed by atoms with Crippen LogP contribution >= 0.6 is 0 Å². The molecule has 0 atom stereocenters.